The van der Waals surface area contributed by atoms with Gasteiger partial charge in [-0.15, -0.1) is 0 Å². The Kier molecular flexibility index (Phi) is 14.5. The van der Waals surface area contributed by atoms with Crippen LogP contribution in [0.2, 0.25) is 0 Å². The first-order valence-corrected chi connectivity index (χ1v) is 9.12. The molecule has 0 aliphatic carbocycles. The Morgan fingerprint density at radius 1 is 1.14 bits per heavy atom. The van der Waals surface area contributed by atoms with Crippen LogP contribution in [-0.2, 0) is 20.8 Å². The minimum absolute atomic E-state index is 0.143. The van der Waals surface area contributed by atoms with E-state index in [4.69, 9.17) is 10.5 Å². The lowest BCUT2D eigenvalue weighted by Crippen LogP contribution is -2.48. The van der Waals surface area contributed by atoms with Gasteiger partial charge in [0.25, 0.3) is 0 Å². The van der Waals surface area contributed by atoms with E-state index < -0.39 is 17.9 Å². The van der Waals surface area contributed by atoms with Gasteiger partial charge in [0.2, 0.25) is 11.8 Å². The number of amides is 2. The van der Waals surface area contributed by atoms with Crippen LogP contribution in [0.3, 0.4) is 0 Å². The number of unbranched alkanes of at least 4 members (excludes halogenated alkanes) is 1. The van der Waals surface area contributed by atoms with Crippen molar-refractivity contribution in [2.75, 3.05) is 20.1 Å². The molecular formula is C19H31N5O4. The number of hydrogen-bond acceptors (Lipinski definition) is 5. The highest BCUT2D eigenvalue weighted by Gasteiger charge is 2.21. The number of nitrogens with two attached hydrogens (primary N) is 1. The molecule has 2 amide bonds. The van der Waals surface area contributed by atoms with Crippen molar-refractivity contribution in [3.05, 3.63) is 35.9 Å². The third-order valence-electron chi connectivity index (χ3n) is 3.65. The van der Waals surface area contributed by atoms with E-state index >= 15 is 0 Å². The number of carbonyl (C=O) groups excluding carboxylic acids is 2. The molecular weight excluding hydrogens is 362 g/mol. The fraction of sp³-hybridized carbons (Fsp3) is 0.474. The van der Waals surface area contributed by atoms with Gasteiger partial charge in [-0.05, 0) is 32.0 Å². The fourth-order valence-corrected chi connectivity index (χ4v) is 2.31. The maximum absolute atomic E-state index is 12.4. The van der Waals surface area contributed by atoms with Crippen LogP contribution in [0.25, 0.3) is 0 Å². The van der Waals surface area contributed by atoms with Crippen molar-refractivity contribution in [2.45, 2.75) is 38.1 Å². The summed E-state index contributed by atoms with van der Waals surface area (Å²) >= 11 is 0. The Morgan fingerprint density at radius 2 is 1.75 bits per heavy atom. The van der Waals surface area contributed by atoms with E-state index in [1.165, 1.54) is 0 Å². The molecule has 0 saturated carbocycles. The third-order valence-corrected chi connectivity index (χ3v) is 3.65. The molecule has 0 bridgehead atoms. The van der Waals surface area contributed by atoms with E-state index in [2.05, 4.69) is 21.7 Å². The third kappa shape index (κ3) is 13.3. The maximum atomic E-state index is 12.4. The molecule has 7 N–H and O–H groups in total. The molecule has 9 nitrogen and oxygen atoms in total. The average molecular weight is 393 g/mol. The minimum Gasteiger partial charge on any atom is -0.481 e. The largest absolute Gasteiger partial charge is 0.481 e. The highest BCUT2D eigenvalue weighted by molar-refractivity contribution is 5.88. The van der Waals surface area contributed by atoms with Crippen LogP contribution in [0.1, 0.15) is 31.2 Å². The number of carboxylic acid groups (broad SMARTS) is 1. The Hall–Kier alpha value is -2.94. The van der Waals surface area contributed by atoms with Crippen molar-refractivity contribution in [2.24, 2.45) is 5.73 Å². The summed E-state index contributed by atoms with van der Waals surface area (Å²) in [5, 5.41) is 23.0. The normalized spacial score (nSPS) is 10.8. The van der Waals surface area contributed by atoms with Crippen LogP contribution in [0.5, 0.6) is 0 Å². The van der Waals surface area contributed by atoms with Gasteiger partial charge in [0.15, 0.2) is 0 Å². The van der Waals surface area contributed by atoms with E-state index in [0.717, 1.165) is 31.3 Å². The summed E-state index contributed by atoms with van der Waals surface area (Å²) < 4.78 is 0. The molecule has 0 heterocycles. The van der Waals surface area contributed by atoms with Gasteiger partial charge < -0.3 is 26.8 Å². The second-order valence-electron chi connectivity index (χ2n) is 5.97. The van der Waals surface area contributed by atoms with Gasteiger partial charge in [0, 0.05) is 19.4 Å². The predicted molar refractivity (Wildman–Crippen MR) is 108 cm³/mol. The van der Waals surface area contributed by atoms with Gasteiger partial charge in [-0.25, -0.2) is 0 Å². The van der Waals surface area contributed by atoms with Crippen molar-refractivity contribution in [3.63, 3.8) is 0 Å². The van der Waals surface area contributed by atoms with E-state index in [1.807, 2.05) is 37.4 Å². The summed E-state index contributed by atoms with van der Waals surface area (Å²) in [6.45, 7) is 1.42. The molecule has 1 aromatic rings. The zero-order valence-corrected chi connectivity index (χ0v) is 16.2. The second kappa shape index (κ2) is 16.2. The molecule has 0 aliphatic heterocycles. The van der Waals surface area contributed by atoms with Crippen LogP contribution in [0, 0.1) is 5.41 Å². The number of nitrogens with one attached hydrogen (secondary N) is 4. The molecule has 1 atom stereocenters. The lowest BCUT2D eigenvalue weighted by atomic mass is 10.0. The Morgan fingerprint density at radius 3 is 2.32 bits per heavy atom. The van der Waals surface area contributed by atoms with Gasteiger partial charge in [0.1, 0.15) is 6.04 Å². The topological polar surface area (TPSA) is 157 Å². The summed E-state index contributed by atoms with van der Waals surface area (Å²) in [5.41, 5.74) is 5.32. The summed E-state index contributed by atoms with van der Waals surface area (Å²) in [4.78, 5) is 34.9. The Bertz CT molecular complexity index is 595. The number of carboxylic acids is 1. The van der Waals surface area contributed by atoms with Crippen LogP contribution in [0.15, 0.2) is 30.3 Å². The average Bonchev–Trinajstić information content (AvgIpc) is 2.67. The van der Waals surface area contributed by atoms with Gasteiger partial charge in [-0.1, -0.05) is 30.3 Å². The van der Waals surface area contributed by atoms with Crippen LogP contribution >= 0.6 is 0 Å². The Balaban J connectivity index is 0.00000227. The molecule has 0 spiro atoms. The number of carbonyl (C=O) groups is 3. The lowest BCUT2D eigenvalue weighted by molar-refractivity contribution is -0.139. The summed E-state index contributed by atoms with van der Waals surface area (Å²) in [7, 11) is 1.88. The number of benzene rings is 1. The molecule has 0 aliphatic rings. The van der Waals surface area contributed by atoms with Crippen molar-refractivity contribution < 1.29 is 19.5 Å². The fourth-order valence-electron chi connectivity index (χ4n) is 2.31. The number of hydrogen-bond donors (Lipinski definition) is 6. The molecule has 1 aromatic carbocycles. The molecule has 0 fully saturated rings. The molecule has 0 radical (unpaired) electrons. The number of rotatable bonds is 12. The van der Waals surface area contributed by atoms with Crippen LogP contribution in [-0.4, -0.2) is 55.4 Å². The highest BCUT2D eigenvalue weighted by atomic mass is 16.4. The van der Waals surface area contributed by atoms with Gasteiger partial charge in [0.05, 0.1) is 12.8 Å². The van der Waals surface area contributed by atoms with Crippen LogP contribution in [0.4, 0.5) is 0 Å². The van der Waals surface area contributed by atoms with Crippen LogP contribution < -0.4 is 21.7 Å². The molecule has 0 saturated heterocycles. The van der Waals surface area contributed by atoms with Gasteiger partial charge in [-0.2, -0.15) is 0 Å². The zero-order valence-electron chi connectivity index (χ0n) is 16.2. The number of aliphatic carboxylic acids is 1. The smallest absolute Gasteiger partial charge is 0.303 e. The quantitative estimate of drug-likeness (QED) is 0.170. The molecule has 0 unspecified atom stereocenters. The minimum atomic E-state index is -1.04. The maximum Gasteiger partial charge on any atom is 0.303 e. The molecule has 9 heteroatoms. The summed E-state index contributed by atoms with van der Waals surface area (Å²) in [6.07, 6.45) is 2.51. The molecule has 0 aromatic heterocycles. The van der Waals surface area contributed by atoms with E-state index in [-0.39, 0.29) is 18.7 Å². The van der Waals surface area contributed by atoms with Crippen molar-refractivity contribution in [1.82, 2.24) is 16.0 Å². The monoisotopic (exact) mass is 393 g/mol. The zero-order chi connectivity index (χ0) is 21.2. The Labute approximate surface area is 165 Å². The molecule has 156 valence electrons. The van der Waals surface area contributed by atoms with Gasteiger partial charge >= 0.3 is 5.97 Å². The van der Waals surface area contributed by atoms with E-state index in [1.54, 1.807) is 0 Å². The van der Waals surface area contributed by atoms with Gasteiger partial charge in [-0.3, -0.25) is 19.8 Å². The van der Waals surface area contributed by atoms with Crippen molar-refractivity contribution >= 4 is 24.1 Å². The standard InChI is InChI=1S/C18H27N3O4.CH4N2/c1-19-11-5-6-12-20-18(25)15(13-14-7-3-2-4-8-14)21-16(22)9-10-17(23)24;2-1-3/h2-4,7-8,15,19H,5-6,9-13H2,1H3,(H,20,25)(H,21,22)(H,23,24);1H,(H3,2,3)/t15-;/m1./s1. The van der Waals surface area contributed by atoms with Crippen molar-refractivity contribution in [1.29, 1.82) is 5.41 Å². The molecule has 28 heavy (non-hydrogen) atoms. The highest BCUT2D eigenvalue weighted by Crippen LogP contribution is 2.04. The SMILES string of the molecule is CNCCCCNC(=O)[C@@H](Cc1ccccc1)NC(=O)CCC(=O)O.N=CN. The first-order valence-electron chi connectivity index (χ1n) is 9.12. The predicted octanol–water partition coefficient (Wildman–Crippen LogP) is 0.247. The van der Waals surface area contributed by atoms with Crippen molar-refractivity contribution in [3.8, 4) is 0 Å². The van der Waals surface area contributed by atoms with E-state index in [0.29, 0.717) is 13.0 Å². The summed E-state index contributed by atoms with van der Waals surface area (Å²) in [5.74, 6) is -1.73. The first kappa shape index (κ1) is 25.1. The molecule has 1 rings (SSSR count). The first-order chi connectivity index (χ1) is 13.4. The lowest BCUT2D eigenvalue weighted by Gasteiger charge is -2.18. The summed E-state index contributed by atoms with van der Waals surface area (Å²) in [6, 6.07) is 8.68. The second-order valence-corrected chi connectivity index (χ2v) is 5.97. The van der Waals surface area contributed by atoms with E-state index in [9.17, 15) is 14.4 Å².